The molecule has 18 heavy (non-hydrogen) atoms. The number of halogens is 1. The molecule has 0 spiro atoms. The SMILES string of the molecule is CC(C)c1nc(CSc2ccc(N)cc2Br)cs1. The van der Waals surface area contributed by atoms with Gasteiger partial charge in [-0.25, -0.2) is 4.98 Å². The fourth-order valence-electron chi connectivity index (χ4n) is 1.44. The summed E-state index contributed by atoms with van der Waals surface area (Å²) in [6.07, 6.45) is 0. The van der Waals surface area contributed by atoms with Crippen molar-refractivity contribution in [2.45, 2.75) is 30.4 Å². The topological polar surface area (TPSA) is 38.9 Å². The van der Waals surface area contributed by atoms with Crippen molar-refractivity contribution in [1.29, 1.82) is 0 Å². The fraction of sp³-hybridized carbons (Fsp3) is 0.308. The molecule has 0 aliphatic heterocycles. The maximum absolute atomic E-state index is 5.72. The summed E-state index contributed by atoms with van der Waals surface area (Å²) in [5, 5.41) is 3.36. The van der Waals surface area contributed by atoms with E-state index in [0.717, 1.165) is 21.6 Å². The van der Waals surface area contributed by atoms with Gasteiger partial charge in [0.1, 0.15) is 0 Å². The highest BCUT2D eigenvalue weighted by molar-refractivity contribution is 9.10. The second-order valence-corrected chi connectivity index (χ2v) is 7.07. The number of anilines is 1. The van der Waals surface area contributed by atoms with Crippen LogP contribution in [0.3, 0.4) is 0 Å². The summed E-state index contributed by atoms with van der Waals surface area (Å²) >= 11 is 7.05. The van der Waals surface area contributed by atoms with Crippen LogP contribution < -0.4 is 5.73 Å². The van der Waals surface area contributed by atoms with Crippen LogP contribution >= 0.6 is 39.0 Å². The van der Waals surface area contributed by atoms with Gasteiger partial charge in [-0.3, -0.25) is 0 Å². The summed E-state index contributed by atoms with van der Waals surface area (Å²) < 4.78 is 1.05. The molecule has 0 aliphatic rings. The van der Waals surface area contributed by atoms with Gasteiger partial charge in [0.2, 0.25) is 0 Å². The zero-order valence-corrected chi connectivity index (χ0v) is 13.5. The quantitative estimate of drug-likeness (QED) is 0.634. The summed E-state index contributed by atoms with van der Waals surface area (Å²) in [6.45, 7) is 4.35. The number of aromatic nitrogens is 1. The fourth-order valence-corrected chi connectivity index (χ4v) is 3.93. The molecule has 0 atom stereocenters. The highest BCUT2D eigenvalue weighted by Crippen LogP contribution is 2.32. The molecule has 5 heteroatoms. The average Bonchev–Trinajstić information content (AvgIpc) is 2.76. The van der Waals surface area contributed by atoms with Gasteiger partial charge in [0.05, 0.1) is 10.7 Å². The first kappa shape index (κ1) is 13.9. The van der Waals surface area contributed by atoms with E-state index in [-0.39, 0.29) is 0 Å². The number of nitrogens with zero attached hydrogens (tertiary/aromatic N) is 1. The van der Waals surface area contributed by atoms with Gasteiger partial charge < -0.3 is 5.73 Å². The van der Waals surface area contributed by atoms with Crippen molar-refractivity contribution in [3.05, 3.63) is 38.8 Å². The number of hydrogen-bond acceptors (Lipinski definition) is 4. The first-order valence-corrected chi connectivity index (χ1v) is 8.34. The summed E-state index contributed by atoms with van der Waals surface area (Å²) in [6, 6.07) is 5.90. The molecule has 2 N–H and O–H groups in total. The summed E-state index contributed by atoms with van der Waals surface area (Å²) in [5.41, 5.74) is 7.65. The Morgan fingerprint density at radius 2 is 2.22 bits per heavy atom. The van der Waals surface area contributed by atoms with E-state index in [1.807, 2.05) is 18.2 Å². The highest BCUT2D eigenvalue weighted by Gasteiger charge is 2.07. The normalized spacial score (nSPS) is 11.1. The lowest BCUT2D eigenvalue weighted by molar-refractivity contribution is 0.846. The first-order chi connectivity index (χ1) is 8.56. The lowest BCUT2D eigenvalue weighted by Crippen LogP contribution is -1.88. The number of thiazole rings is 1. The lowest BCUT2D eigenvalue weighted by atomic mass is 10.2. The van der Waals surface area contributed by atoms with E-state index in [4.69, 9.17) is 5.73 Å². The molecule has 2 nitrogen and oxygen atoms in total. The van der Waals surface area contributed by atoms with E-state index in [2.05, 4.69) is 40.1 Å². The van der Waals surface area contributed by atoms with Crippen LogP contribution in [0.25, 0.3) is 0 Å². The number of nitrogen functional groups attached to an aromatic ring is 1. The van der Waals surface area contributed by atoms with E-state index in [1.165, 1.54) is 9.90 Å². The Balaban J connectivity index is 2.02. The van der Waals surface area contributed by atoms with Gasteiger partial charge in [0.25, 0.3) is 0 Å². The minimum absolute atomic E-state index is 0.511. The Morgan fingerprint density at radius 1 is 1.44 bits per heavy atom. The number of nitrogens with two attached hydrogens (primary N) is 1. The lowest BCUT2D eigenvalue weighted by Gasteiger charge is -2.04. The van der Waals surface area contributed by atoms with Crippen molar-refractivity contribution in [2.24, 2.45) is 0 Å². The Bertz CT molecular complexity index is 538. The first-order valence-electron chi connectivity index (χ1n) is 5.68. The zero-order valence-electron chi connectivity index (χ0n) is 10.3. The minimum Gasteiger partial charge on any atom is -0.399 e. The van der Waals surface area contributed by atoms with E-state index in [9.17, 15) is 0 Å². The van der Waals surface area contributed by atoms with Crippen LogP contribution in [0.15, 0.2) is 32.9 Å². The van der Waals surface area contributed by atoms with Crippen molar-refractivity contribution in [2.75, 3.05) is 5.73 Å². The third kappa shape index (κ3) is 3.49. The van der Waals surface area contributed by atoms with Crippen LogP contribution in [0.5, 0.6) is 0 Å². The molecule has 96 valence electrons. The molecule has 1 aromatic carbocycles. The second-order valence-electron chi connectivity index (χ2n) is 4.31. The van der Waals surface area contributed by atoms with Crippen LogP contribution in [-0.4, -0.2) is 4.98 Å². The van der Waals surface area contributed by atoms with Crippen molar-refractivity contribution in [3.8, 4) is 0 Å². The third-order valence-corrected chi connectivity index (χ3v) is 5.61. The Hall–Kier alpha value is -0.520. The molecule has 0 bridgehead atoms. The molecule has 1 heterocycles. The Labute approximate surface area is 124 Å². The second kappa shape index (κ2) is 6.08. The van der Waals surface area contributed by atoms with E-state index in [0.29, 0.717) is 5.92 Å². The predicted octanol–water partition coefficient (Wildman–Crippen LogP) is 4.90. The predicted molar refractivity (Wildman–Crippen MR) is 84.3 cm³/mol. The molecule has 0 unspecified atom stereocenters. The maximum Gasteiger partial charge on any atom is 0.0954 e. The van der Waals surface area contributed by atoms with Gasteiger partial charge in [-0.2, -0.15) is 0 Å². The third-order valence-electron chi connectivity index (χ3n) is 2.39. The maximum atomic E-state index is 5.72. The van der Waals surface area contributed by atoms with Crippen LogP contribution in [0.4, 0.5) is 5.69 Å². The van der Waals surface area contributed by atoms with Crippen molar-refractivity contribution in [3.63, 3.8) is 0 Å². The van der Waals surface area contributed by atoms with Gasteiger partial charge in [0, 0.05) is 32.1 Å². The number of hydrogen-bond donors (Lipinski definition) is 1. The zero-order chi connectivity index (χ0) is 13.1. The average molecular weight is 343 g/mol. The monoisotopic (exact) mass is 342 g/mol. The number of rotatable bonds is 4. The molecule has 0 amide bonds. The van der Waals surface area contributed by atoms with Gasteiger partial charge in [-0.1, -0.05) is 13.8 Å². The number of thioether (sulfide) groups is 1. The molecule has 0 radical (unpaired) electrons. The number of benzene rings is 1. The molecule has 2 aromatic rings. The van der Waals surface area contributed by atoms with Gasteiger partial charge in [-0.05, 0) is 34.1 Å². The van der Waals surface area contributed by atoms with E-state index >= 15 is 0 Å². The van der Waals surface area contributed by atoms with Crippen LogP contribution in [0.1, 0.15) is 30.5 Å². The Kier molecular flexibility index (Phi) is 4.70. The van der Waals surface area contributed by atoms with Crippen molar-refractivity contribution < 1.29 is 0 Å². The van der Waals surface area contributed by atoms with E-state index < -0.39 is 0 Å². The highest BCUT2D eigenvalue weighted by atomic mass is 79.9. The molecule has 0 saturated carbocycles. The molecule has 0 fully saturated rings. The smallest absolute Gasteiger partial charge is 0.0954 e. The summed E-state index contributed by atoms with van der Waals surface area (Å²) in [7, 11) is 0. The largest absolute Gasteiger partial charge is 0.399 e. The standard InChI is InChI=1S/C13H15BrN2S2/c1-8(2)13-16-10(7-18-13)6-17-12-4-3-9(15)5-11(12)14/h3-5,7-8H,6,15H2,1-2H3. The summed E-state index contributed by atoms with van der Waals surface area (Å²) in [5.74, 6) is 1.41. The molecular weight excluding hydrogens is 328 g/mol. The van der Waals surface area contributed by atoms with Gasteiger partial charge >= 0.3 is 0 Å². The molecular formula is C13H15BrN2S2. The van der Waals surface area contributed by atoms with Gasteiger partial charge in [0.15, 0.2) is 0 Å². The van der Waals surface area contributed by atoms with Crippen LogP contribution in [0.2, 0.25) is 0 Å². The summed E-state index contributed by atoms with van der Waals surface area (Å²) in [4.78, 5) is 5.83. The molecule has 0 saturated heterocycles. The minimum atomic E-state index is 0.511. The molecule has 0 aliphatic carbocycles. The molecule has 1 aromatic heterocycles. The Morgan fingerprint density at radius 3 is 2.83 bits per heavy atom. The van der Waals surface area contributed by atoms with Crippen LogP contribution in [-0.2, 0) is 5.75 Å². The van der Waals surface area contributed by atoms with E-state index in [1.54, 1.807) is 23.1 Å². The van der Waals surface area contributed by atoms with Crippen LogP contribution in [0, 0.1) is 0 Å². The van der Waals surface area contributed by atoms with Crippen molar-refractivity contribution >= 4 is 44.7 Å². The molecule has 2 rings (SSSR count). The van der Waals surface area contributed by atoms with Crippen molar-refractivity contribution in [1.82, 2.24) is 4.98 Å². The van der Waals surface area contributed by atoms with Gasteiger partial charge in [-0.15, -0.1) is 23.1 Å².